The van der Waals surface area contributed by atoms with E-state index in [4.69, 9.17) is 14.2 Å². The highest BCUT2D eigenvalue weighted by Gasteiger charge is 2.18. The third kappa shape index (κ3) is 2.08. The lowest BCUT2D eigenvalue weighted by Crippen LogP contribution is -2.12. The quantitative estimate of drug-likeness (QED) is 0.779. The molecule has 1 aromatic rings. The monoisotopic (exact) mass is 221 g/mol. The molecule has 16 heavy (non-hydrogen) atoms. The van der Waals surface area contributed by atoms with Gasteiger partial charge in [-0.2, -0.15) is 0 Å². The number of allylic oxidation sites excluding steroid dienone is 1. The van der Waals surface area contributed by atoms with Crippen LogP contribution in [-0.2, 0) is 4.74 Å². The number of anilines is 1. The standard InChI is InChI=1S/C11H11NO4/c1-7(2)16-11(13)12-8-4-3-5-9-10(8)15-6-14-9/h3-5H,1,6H2,2H3,(H,12,13). The van der Waals surface area contributed by atoms with Gasteiger partial charge < -0.3 is 14.2 Å². The summed E-state index contributed by atoms with van der Waals surface area (Å²) in [6.45, 7) is 5.22. The van der Waals surface area contributed by atoms with Crippen LogP contribution < -0.4 is 14.8 Å². The van der Waals surface area contributed by atoms with E-state index in [1.807, 2.05) is 0 Å². The third-order valence-electron chi connectivity index (χ3n) is 1.90. The lowest BCUT2D eigenvalue weighted by molar-refractivity contribution is 0.173. The fraction of sp³-hybridized carbons (Fsp3) is 0.182. The van der Waals surface area contributed by atoms with E-state index in [0.29, 0.717) is 22.9 Å². The number of rotatable bonds is 2. The van der Waals surface area contributed by atoms with Crippen LogP contribution in [0.1, 0.15) is 6.92 Å². The maximum atomic E-state index is 11.3. The van der Waals surface area contributed by atoms with Crippen LogP contribution in [0.3, 0.4) is 0 Å². The molecule has 1 aliphatic heterocycles. The molecular formula is C11H11NO4. The molecule has 0 spiro atoms. The summed E-state index contributed by atoms with van der Waals surface area (Å²) >= 11 is 0. The Kier molecular flexibility index (Phi) is 2.68. The topological polar surface area (TPSA) is 56.8 Å². The minimum absolute atomic E-state index is 0.156. The number of para-hydroxylation sites is 1. The van der Waals surface area contributed by atoms with Gasteiger partial charge in [0.2, 0.25) is 6.79 Å². The molecule has 0 aromatic heterocycles. The summed E-state index contributed by atoms with van der Waals surface area (Å²) in [5, 5.41) is 2.55. The number of benzene rings is 1. The molecule has 1 amide bonds. The van der Waals surface area contributed by atoms with Crippen LogP contribution in [0.2, 0.25) is 0 Å². The van der Waals surface area contributed by atoms with E-state index in [1.54, 1.807) is 25.1 Å². The van der Waals surface area contributed by atoms with E-state index in [9.17, 15) is 4.79 Å². The van der Waals surface area contributed by atoms with Gasteiger partial charge in [0.15, 0.2) is 11.5 Å². The largest absolute Gasteiger partial charge is 0.454 e. The normalized spacial score (nSPS) is 12.1. The molecule has 0 unspecified atom stereocenters. The molecule has 0 radical (unpaired) electrons. The maximum Gasteiger partial charge on any atom is 0.416 e. The Labute approximate surface area is 92.6 Å². The van der Waals surface area contributed by atoms with Crippen molar-refractivity contribution in [3.05, 3.63) is 30.5 Å². The molecule has 0 saturated heterocycles. The predicted octanol–water partition coefficient (Wildman–Crippen LogP) is 2.50. The van der Waals surface area contributed by atoms with Gasteiger partial charge in [0.1, 0.15) is 0 Å². The Morgan fingerprint density at radius 3 is 3.06 bits per heavy atom. The van der Waals surface area contributed by atoms with Crippen molar-refractivity contribution in [2.75, 3.05) is 12.1 Å². The molecule has 2 rings (SSSR count). The number of hydrogen-bond donors (Lipinski definition) is 1. The zero-order valence-corrected chi connectivity index (χ0v) is 8.78. The molecule has 0 saturated carbocycles. The maximum absolute atomic E-state index is 11.3. The van der Waals surface area contributed by atoms with E-state index >= 15 is 0 Å². The molecule has 0 fully saturated rings. The number of fused-ring (bicyclic) bond motifs is 1. The Hall–Kier alpha value is -2.17. The Morgan fingerprint density at radius 2 is 2.31 bits per heavy atom. The summed E-state index contributed by atoms with van der Waals surface area (Å²) in [6, 6.07) is 5.22. The number of carbonyl (C=O) groups is 1. The van der Waals surface area contributed by atoms with Crippen LogP contribution in [0.4, 0.5) is 10.5 Å². The van der Waals surface area contributed by atoms with Crippen molar-refractivity contribution < 1.29 is 19.0 Å². The zero-order valence-electron chi connectivity index (χ0n) is 8.78. The van der Waals surface area contributed by atoms with Crippen molar-refractivity contribution in [2.24, 2.45) is 0 Å². The molecule has 1 heterocycles. The zero-order chi connectivity index (χ0) is 11.5. The fourth-order valence-corrected chi connectivity index (χ4v) is 1.32. The van der Waals surface area contributed by atoms with Crippen LogP contribution in [0.15, 0.2) is 30.5 Å². The number of ether oxygens (including phenoxy) is 3. The van der Waals surface area contributed by atoms with Crippen molar-refractivity contribution in [2.45, 2.75) is 6.92 Å². The number of carbonyl (C=O) groups excluding carboxylic acids is 1. The Morgan fingerprint density at radius 1 is 1.50 bits per heavy atom. The second kappa shape index (κ2) is 4.14. The lowest BCUT2D eigenvalue weighted by Gasteiger charge is -2.07. The van der Waals surface area contributed by atoms with Crippen LogP contribution in [0.25, 0.3) is 0 Å². The van der Waals surface area contributed by atoms with E-state index in [1.165, 1.54) is 0 Å². The molecule has 1 aromatic carbocycles. The molecule has 1 aliphatic rings. The molecule has 84 valence electrons. The van der Waals surface area contributed by atoms with Crippen molar-refractivity contribution in [3.8, 4) is 11.5 Å². The van der Waals surface area contributed by atoms with Crippen LogP contribution >= 0.6 is 0 Å². The van der Waals surface area contributed by atoms with E-state index in [0.717, 1.165) is 0 Å². The number of nitrogens with one attached hydrogen (secondary N) is 1. The second-order valence-corrected chi connectivity index (χ2v) is 3.26. The highest BCUT2D eigenvalue weighted by molar-refractivity contribution is 5.88. The number of hydrogen-bond acceptors (Lipinski definition) is 4. The smallest absolute Gasteiger partial charge is 0.416 e. The van der Waals surface area contributed by atoms with Crippen LogP contribution in [-0.4, -0.2) is 12.9 Å². The van der Waals surface area contributed by atoms with Gasteiger partial charge in [-0.15, -0.1) is 0 Å². The first kappa shape index (κ1) is 10.4. The van der Waals surface area contributed by atoms with E-state index in [2.05, 4.69) is 11.9 Å². The summed E-state index contributed by atoms with van der Waals surface area (Å²) < 4.78 is 15.2. The van der Waals surface area contributed by atoms with Crippen molar-refractivity contribution in [1.82, 2.24) is 0 Å². The van der Waals surface area contributed by atoms with Crippen molar-refractivity contribution >= 4 is 11.8 Å². The van der Waals surface area contributed by atoms with E-state index in [-0.39, 0.29) is 6.79 Å². The first-order chi connectivity index (χ1) is 7.66. The number of amides is 1. The SMILES string of the molecule is C=C(C)OC(=O)Nc1cccc2c1OCO2. The van der Waals surface area contributed by atoms with Gasteiger partial charge >= 0.3 is 6.09 Å². The van der Waals surface area contributed by atoms with Crippen LogP contribution in [0.5, 0.6) is 11.5 Å². The van der Waals surface area contributed by atoms with Gasteiger partial charge in [0.05, 0.1) is 11.4 Å². The van der Waals surface area contributed by atoms with Gasteiger partial charge in [-0.1, -0.05) is 12.6 Å². The highest BCUT2D eigenvalue weighted by atomic mass is 16.7. The average molecular weight is 221 g/mol. The summed E-state index contributed by atoms with van der Waals surface area (Å²) in [5.41, 5.74) is 0.515. The first-order valence-electron chi connectivity index (χ1n) is 4.70. The average Bonchev–Trinajstić information content (AvgIpc) is 2.65. The van der Waals surface area contributed by atoms with Crippen molar-refractivity contribution in [1.29, 1.82) is 0 Å². The predicted molar refractivity (Wildman–Crippen MR) is 57.5 cm³/mol. The van der Waals surface area contributed by atoms with Gasteiger partial charge in [0, 0.05) is 0 Å². The van der Waals surface area contributed by atoms with E-state index < -0.39 is 6.09 Å². The minimum Gasteiger partial charge on any atom is -0.454 e. The van der Waals surface area contributed by atoms with Gasteiger partial charge in [-0.3, -0.25) is 5.32 Å². The molecular weight excluding hydrogens is 210 g/mol. The van der Waals surface area contributed by atoms with Gasteiger partial charge in [-0.05, 0) is 19.1 Å². The molecule has 0 bridgehead atoms. The first-order valence-corrected chi connectivity index (χ1v) is 4.70. The van der Waals surface area contributed by atoms with Gasteiger partial charge in [-0.25, -0.2) is 4.79 Å². The summed E-state index contributed by atoms with van der Waals surface area (Å²) in [4.78, 5) is 11.3. The molecule has 1 N–H and O–H groups in total. The molecule has 5 heteroatoms. The summed E-state index contributed by atoms with van der Waals surface area (Å²) in [5.74, 6) is 1.44. The molecule has 0 aliphatic carbocycles. The Balaban J connectivity index is 2.13. The Bertz CT molecular complexity index is 442. The second-order valence-electron chi connectivity index (χ2n) is 3.26. The van der Waals surface area contributed by atoms with Crippen LogP contribution in [0, 0.1) is 0 Å². The third-order valence-corrected chi connectivity index (χ3v) is 1.90. The molecule has 5 nitrogen and oxygen atoms in total. The lowest BCUT2D eigenvalue weighted by atomic mass is 10.3. The van der Waals surface area contributed by atoms with Crippen molar-refractivity contribution in [3.63, 3.8) is 0 Å². The molecule has 0 atom stereocenters. The highest BCUT2D eigenvalue weighted by Crippen LogP contribution is 2.38. The fourth-order valence-electron chi connectivity index (χ4n) is 1.32. The summed E-state index contributed by atoms with van der Waals surface area (Å²) in [6.07, 6.45) is -0.601. The van der Waals surface area contributed by atoms with Gasteiger partial charge in [0.25, 0.3) is 0 Å². The minimum atomic E-state index is -0.601. The summed E-state index contributed by atoms with van der Waals surface area (Å²) in [7, 11) is 0.